The normalized spacial score (nSPS) is 23.6. The summed E-state index contributed by atoms with van der Waals surface area (Å²) in [6.45, 7) is 52.3. The molecule has 4 aliphatic rings. The number of hydrogen-bond acceptors (Lipinski definition) is 18. The zero-order chi connectivity index (χ0) is 92.1. The average Bonchev–Trinajstić information content (AvgIpc) is 1.80. The van der Waals surface area contributed by atoms with Crippen LogP contribution in [0.15, 0.2) is 121 Å². The number of aliphatic hydroxyl groups excluding tert-OH is 1. The van der Waals surface area contributed by atoms with Gasteiger partial charge in [0, 0.05) is 41.2 Å². The van der Waals surface area contributed by atoms with E-state index in [4.69, 9.17) is 52.2 Å². The van der Waals surface area contributed by atoms with Crippen LogP contribution in [0, 0.1) is 135 Å². The third kappa shape index (κ3) is 34.6. The summed E-state index contributed by atoms with van der Waals surface area (Å²) in [5, 5.41) is 54.5. The van der Waals surface area contributed by atoms with Gasteiger partial charge in [-0.1, -0.05) is 236 Å². The predicted molar refractivity (Wildman–Crippen MR) is 497 cm³/mol. The van der Waals surface area contributed by atoms with Crippen LogP contribution in [0.5, 0.6) is 0 Å². The second kappa shape index (κ2) is 52.7. The van der Waals surface area contributed by atoms with Gasteiger partial charge in [0.1, 0.15) is 36.1 Å². The van der Waals surface area contributed by atoms with Crippen molar-refractivity contribution < 1.29 is 43.7 Å². The molecule has 11 unspecified atom stereocenters. The number of aromatic amines is 4. The van der Waals surface area contributed by atoms with Crippen LogP contribution < -0.4 is 11.3 Å². The Morgan fingerprint density at radius 3 is 1.22 bits per heavy atom. The van der Waals surface area contributed by atoms with Gasteiger partial charge in [-0.05, 0) is 220 Å². The zero-order valence-electron chi connectivity index (χ0n) is 77.6. The quantitative estimate of drug-likeness (QED) is 0.00471. The van der Waals surface area contributed by atoms with Gasteiger partial charge in [0.15, 0.2) is 29.2 Å². The van der Waals surface area contributed by atoms with Crippen molar-refractivity contribution in [1.82, 2.24) is 66.2 Å². The predicted octanol–water partition coefficient (Wildman–Crippen LogP) is 21.3. The summed E-state index contributed by atoms with van der Waals surface area (Å²) >= 11 is 3.86. The van der Waals surface area contributed by atoms with Crippen LogP contribution in [0.1, 0.15) is 253 Å². The van der Waals surface area contributed by atoms with Gasteiger partial charge >= 0.3 is 18.1 Å². The number of esters is 1. The van der Waals surface area contributed by atoms with Crippen LogP contribution in [-0.4, -0.2) is 126 Å². The third-order valence-corrected chi connectivity index (χ3v) is 25.7. The monoisotopic (exact) mass is 1780 g/mol. The first-order valence-electron chi connectivity index (χ1n) is 44.7. The number of carboxylic acid groups (broad SMARTS) is 1. The Morgan fingerprint density at radius 1 is 0.512 bits per heavy atom. The van der Waals surface area contributed by atoms with Crippen molar-refractivity contribution in [3.05, 3.63) is 189 Å². The second-order valence-corrected chi connectivity index (χ2v) is 37.3. The molecular weight excluding hydrogens is 1640 g/mol. The molecule has 4 fully saturated rings. The highest BCUT2D eigenvalue weighted by atomic mass is 79.9. The zero-order valence-corrected chi connectivity index (χ0v) is 79.1. The number of rotatable bonds is 21. The van der Waals surface area contributed by atoms with E-state index in [1.54, 1.807) is 26.0 Å². The minimum atomic E-state index is -0.924. The summed E-state index contributed by atoms with van der Waals surface area (Å²) in [5.74, 6) is 20.7. The van der Waals surface area contributed by atoms with Crippen LogP contribution in [0.3, 0.4) is 0 Å². The maximum atomic E-state index is 10.9. The molecule has 11 atom stereocenters. The summed E-state index contributed by atoms with van der Waals surface area (Å²) in [6, 6.07) is 39.9. The third-order valence-electron chi connectivity index (χ3n) is 24.9. The minimum absolute atomic E-state index is 0.0362. The average molecular weight is 1780 g/mol. The van der Waals surface area contributed by atoms with Gasteiger partial charge in [-0.15, -0.1) is 0 Å². The highest BCUT2D eigenvalue weighted by Crippen LogP contribution is 2.46. The number of nitrogen functional groups attached to an aromatic ring is 1. The number of carboxylic acids is 1. The molecule has 4 heterocycles. The molecule has 0 radical (unpaired) electrons. The van der Waals surface area contributed by atoms with Gasteiger partial charge in [-0.3, -0.25) is 45.6 Å². The van der Waals surface area contributed by atoms with Crippen LogP contribution in [-0.2, 0) is 41.5 Å². The Hall–Kier alpha value is -10.2. The number of carbonyl (C=O) groups excluding carboxylic acids is 4. The highest BCUT2D eigenvalue weighted by Gasteiger charge is 2.39. The number of aryl methyl sites for hydroxylation is 6. The van der Waals surface area contributed by atoms with Crippen LogP contribution in [0.25, 0.3) is 50.4 Å². The van der Waals surface area contributed by atoms with Gasteiger partial charge in [-0.2, -0.15) is 30.0 Å². The number of amides is 1. The lowest BCUT2D eigenvalue weighted by atomic mass is 9.66. The van der Waals surface area contributed by atoms with E-state index >= 15 is 0 Å². The van der Waals surface area contributed by atoms with E-state index in [9.17, 15) is 19.5 Å². The maximum Gasteiger partial charge on any atom is 0.373 e. The molecule has 25 nitrogen and oxygen atoms in total. The highest BCUT2D eigenvalue weighted by molar-refractivity contribution is 9.09. The number of aliphatic carboxylic acids is 1. The number of nitrogens with zero attached hydrogens (tertiary/aromatic N) is 9. The molecule has 4 aliphatic carbocycles. The molecule has 1 amide bonds. The van der Waals surface area contributed by atoms with E-state index < -0.39 is 11.9 Å². The standard InChI is InChI=1S/C23H32N4.C20H28BrN3.C20H29N3.C11H11N3O2.C9H18O.C8H10N2O.C7H13NO3.CO2/c1-14-7-9-19(10-8-14)22-25-23(27-26-22)21(18(5)24-6)13-20-16(3)11-15(2)12-17(20)4;1-12-5-7-16(8-6-12)19-22-20(24-23-19)18(21)11-17-14(3)9-13(2)10-15(17)4;1-13-5-7-17(8-6-13)20-21-19(22-23-20)10-9-18-15(3)11-14(2)12-16(18)4;1-7-2-4-8(5-3-7)11-12-9(13-14-11)6-10(15)16;1-6-4-7(2)9(10)8(3)5-6;1-6-2-4-7(5-3-6)8(11)10-9;1-3-10-6(8)5-7(9)11-4-2;2-1-3/h7-10,15-18,20-21H,11-13H2,1-5H3,(H,25,26,27);5-8,13-15,17-18H,9-11H2,1-4H3,(H,22,23,24);5-8,14-16,18H,9-12H2,1-4H3,(H,21,22,23);2-5H,6H2,1H3,(H,15,16)(H,12,13,14);6-10H,4-5H2,1-3H3;2-5H,9H2,1H3,(H,10,11);8H,3-5H2,1-2H3;. The number of alkyl halides is 1. The van der Waals surface area contributed by atoms with Crippen LogP contribution in [0.2, 0.25) is 0 Å². The number of ether oxygens (including phenoxy) is 2. The van der Waals surface area contributed by atoms with E-state index in [-0.39, 0.29) is 53.7 Å². The number of aliphatic hydroxyl groups is 1. The van der Waals surface area contributed by atoms with Gasteiger partial charge < -0.3 is 24.5 Å². The summed E-state index contributed by atoms with van der Waals surface area (Å²) in [5.41, 5.74) is 12.7. The van der Waals surface area contributed by atoms with Crippen LogP contribution in [0.4, 0.5) is 0 Å². The van der Waals surface area contributed by atoms with Crippen LogP contribution >= 0.6 is 15.9 Å². The van der Waals surface area contributed by atoms with Gasteiger partial charge in [-0.25, -0.2) is 32.4 Å². The molecule has 0 saturated heterocycles. The van der Waals surface area contributed by atoms with Gasteiger partial charge in [0.2, 0.25) is 6.04 Å². The number of carbonyl (C=O) groups is 3. The number of hydrazine groups is 1. The molecule has 13 rings (SSSR count). The number of benzene rings is 5. The first kappa shape index (κ1) is 104. The van der Waals surface area contributed by atoms with E-state index in [0.717, 1.165) is 147 Å². The SMILES string of the molecule is CC1CC(C)C(O)C(C)C1.CCOC(=N)CC(=O)OCC.Cc1ccc(-c2n[nH]c(C(Br)CC3C(C)CC(C)CC3C)n2)cc1.Cc1ccc(-c2n[nH]c(CC(=O)O)n2)cc1.Cc1ccc(-c2n[nH]c(CCC3C(C)CC(C)CC3C)n2)cc1.Cc1ccc(C(=O)NN)cc1.O=C=O.[C-]#[N+]C(C)C(CC1C(C)CC(C)CC1C)c1nc(-c2ccc(C)cc2)n[nH]1. The van der Waals surface area contributed by atoms with Gasteiger partial charge in [0.25, 0.3) is 5.91 Å². The van der Waals surface area contributed by atoms with E-state index in [1.807, 2.05) is 57.2 Å². The smallest absolute Gasteiger partial charge is 0.373 e. The maximum absolute atomic E-state index is 10.9. The fourth-order valence-electron chi connectivity index (χ4n) is 18.6. The lowest BCUT2D eigenvalue weighted by molar-refractivity contribution is -0.191. The molecule has 26 heteroatoms. The first-order chi connectivity index (χ1) is 59.5. The molecule has 9 aromatic rings. The molecule has 10 N–H and O–H groups in total. The number of H-pyrrole nitrogens is 4. The van der Waals surface area contributed by atoms with E-state index in [1.165, 1.54) is 74.5 Å². The lowest BCUT2D eigenvalue weighted by Crippen LogP contribution is -2.33. The topological polar surface area (TPSA) is 377 Å². The Kier molecular flexibility index (Phi) is 43.7. The molecular formula is C99H141BrN16O9. The number of nitrogens with two attached hydrogens (primary N) is 1. The van der Waals surface area contributed by atoms with Crippen molar-refractivity contribution in [2.24, 2.45) is 94.6 Å². The van der Waals surface area contributed by atoms with Crippen molar-refractivity contribution in [3.63, 3.8) is 0 Å². The minimum Gasteiger partial charge on any atom is -0.481 e. The van der Waals surface area contributed by atoms with Crippen molar-refractivity contribution in [3.8, 4) is 45.6 Å². The number of nitrogens with one attached hydrogen (secondary N) is 6. The Morgan fingerprint density at radius 2 is 0.840 bits per heavy atom. The molecule has 0 bridgehead atoms. The number of aromatic nitrogens is 12. The van der Waals surface area contributed by atoms with Crippen molar-refractivity contribution in [2.75, 3.05) is 13.2 Å². The van der Waals surface area contributed by atoms with Crippen molar-refractivity contribution in [2.45, 2.75) is 251 Å². The van der Waals surface area contributed by atoms with Crippen molar-refractivity contribution in [1.29, 1.82) is 5.41 Å². The van der Waals surface area contributed by atoms with E-state index in [0.29, 0.717) is 60.0 Å². The van der Waals surface area contributed by atoms with Crippen molar-refractivity contribution >= 4 is 45.8 Å². The Labute approximate surface area is 750 Å². The number of hydrogen-bond donors (Lipinski definition) is 9. The summed E-state index contributed by atoms with van der Waals surface area (Å²) < 4.78 is 9.34. The molecule has 4 aromatic heterocycles. The Bertz CT molecular complexity index is 4680. The summed E-state index contributed by atoms with van der Waals surface area (Å²) in [4.78, 5) is 70.7. The first-order valence-corrected chi connectivity index (χ1v) is 45.7. The lowest BCUT2D eigenvalue weighted by Gasteiger charge is -2.39. The second-order valence-electron chi connectivity index (χ2n) is 36.2. The fourth-order valence-corrected chi connectivity index (χ4v) is 19.2. The molecule has 678 valence electrons. The molecule has 4 saturated carbocycles. The molecule has 0 aliphatic heterocycles. The largest absolute Gasteiger partial charge is 0.481 e. The molecule has 125 heavy (non-hydrogen) atoms. The summed E-state index contributed by atoms with van der Waals surface area (Å²) in [6.07, 6.45) is 14.8. The molecule has 0 spiro atoms. The molecule has 5 aromatic carbocycles. The summed E-state index contributed by atoms with van der Waals surface area (Å²) in [7, 11) is 0. The van der Waals surface area contributed by atoms with E-state index in [2.05, 4.69) is 253 Å². The fraction of sp³-hybridized carbons (Fsp3) is 0.556. The number of halogens is 1. The Balaban J connectivity index is 0.000000231. The van der Waals surface area contributed by atoms with Gasteiger partial charge in [0.05, 0.1) is 30.1 Å².